The molecule has 0 spiro atoms. The third-order valence-electron chi connectivity index (χ3n) is 4.60. The van der Waals surface area contributed by atoms with Crippen molar-refractivity contribution in [2.75, 3.05) is 17.7 Å². The fourth-order valence-electron chi connectivity index (χ4n) is 3.23. The van der Waals surface area contributed by atoms with Crippen molar-refractivity contribution in [3.05, 3.63) is 45.8 Å². The van der Waals surface area contributed by atoms with E-state index < -0.39 is 24.4 Å². The first-order chi connectivity index (χ1) is 14.5. The number of thiophene rings is 1. The molecule has 0 aliphatic heterocycles. The second-order valence-electron chi connectivity index (χ2n) is 6.76. The second kappa shape index (κ2) is 10.3. The fourth-order valence-corrected chi connectivity index (χ4v) is 5.27. The minimum atomic E-state index is -0.666. The Bertz CT molecular complexity index is 1010. The maximum Gasteiger partial charge on any atom is 0.339 e. The third-order valence-corrected chi connectivity index (χ3v) is 6.90. The van der Waals surface area contributed by atoms with Gasteiger partial charge in [-0.25, -0.2) is 4.79 Å². The van der Waals surface area contributed by atoms with Crippen LogP contribution in [0.25, 0.3) is 0 Å². The van der Waals surface area contributed by atoms with Crippen LogP contribution in [0.15, 0.2) is 29.2 Å². The molecule has 0 saturated carbocycles. The number of aryl methyl sites for hydroxylation is 1. The van der Waals surface area contributed by atoms with Gasteiger partial charge in [-0.3, -0.25) is 9.59 Å². The van der Waals surface area contributed by atoms with Crippen LogP contribution in [0, 0.1) is 11.3 Å². The highest BCUT2D eigenvalue weighted by atomic mass is 32.2. The highest BCUT2D eigenvalue weighted by Gasteiger charge is 2.22. The summed E-state index contributed by atoms with van der Waals surface area (Å²) in [6.45, 7) is -0.471. The van der Waals surface area contributed by atoms with Gasteiger partial charge in [-0.05, 0) is 43.4 Å². The van der Waals surface area contributed by atoms with Gasteiger partial charge < -0.3 is 15.8 Å². The van der Waals surface area contributed by atoms with Crippen molar-refractivity contribution in [2.45, 2.75) is 37.0 Å². The van der Waals surface area contributed by atoms with E-state index in [-0.39, 0.29) is 11.3 Å². The van der Waals surface area contributed by atoms with Crippen molar-refractivity contribution in [3.63, 3.8) is 0 Å². The lowest BCUT2D eigenvalue weighted by atomic mass is 10.1. The first-order valence-corrected chi connectivity index (χ1v) is 11.3. The van der Waals surface area contributed by atoms with Gasteiger partial charge in [0.25, 0.3) is 5.91 Å². The molecular weight excluding hydrogens is 422 g/mol. The number of benzene rings is 1. The third kappa shape index (κ3) is 5.40. The van der Waals surface area contributed by atoms with E-state index in [4.69, 9.17) is 10.5 Å². The van der Waals surface area contributed by atoms with Gasteiger partial charge in [0, 0.05) is 9.77 Å². The van der Waals surface area contributed by atoms with Gasteiger partial charge in [0.2, 0.25) is 5.91 Å². The predicted molar refractivity (Wildman–Crippen MR) is 116 cm³/mol. The minimum Gasteiger partial charge on any atom is -0.452 e. The van der Waals surface area contributed by atoms with Crippen molar-refractivity contribution in [3.8, 4) is 6.07 Å². The van der Waals surface area contributed by atoms with Crippen molar-refractivity contribution >= 4 is 45.9 Å². The molecule has 1 aliphatic carbocycles. The number of esters is 1. The second-order valence-corrected chi connectivity index (χ2v) is 8.88. The topological polar surface area (TPSA) is 122 Å². The van der Waals surface area contributed by atoms with Crippen LogP contribution in [-0.2, 0) is 27.2 Å². The Hall–Kier alpha value is -2.83. The zero-order valence-corrected chi connectivity index (χ0v) is 17.9. The summed E-state index contributed by atoms with van der Waals surface area (Å²) in [7, 11) is 0. The highest BCUT2D eigenvalue weighted by Crippen LogP contribution is 2.36. The summed E-state index contributed by atoms with van der Waals surface area (Å²) < 4.78 is 5.15. The van der Waals surface area contributed by atoms with Gasteiger partial charge in [-0.1, -0.05) is 18.6 Å². The number of nitrogens with two attached hydrogens (primary N) is 1. The van der Waals surface area contributed by atoms with E-state index in [1.165, 1.54) is 11.3 Å². The average Bonchev–Trinajstić information content (AvgIpc) is 2.89. The molecule has 1 aromatic carbocycles. The molecule has 2 aromatic rings. The van der Waals surface area contributed by atoms with E-state index in [1.807, 2.05) is 0 Å². The molecule has 1 aliphatic rings. The Morgan fingerprint density at radius 2 is 1.97 bits per heavy atom. The largest absolute Gasteiger partial charge is 0.452 e. The van der Waals surface area contributed by atoms with Gasteiger partial charge >= 0.3 is 5.97 Å². The summed E-state index contributed by atoms with van der Waals surface area (Å²) in [5.74, 6) is -1.63. The molecule has 3 rings (SSSR count). The lowest BCUT2D eigenvalue weighted by Crippen LogP contribution is -2.21. The van der Waals surface area contributed by atoms with Crippen LogP contribution in [0.5, 0.6) is 0 Å². The number of hydrogen-bond acceptors (Lipinski definition) is 7. The van der Waals surface area contributed by atoms with E-state index in [2.05, 4.69) is 11.4 Å². The summed E-state index contributed by atoms with van der Waals surface area (Å²) in [5.41, 5.74) is 6.97. The number of ether oxygens (including phenoxy) is 1. The van der Waals surface area contributed by atoms with Crippen LogP contribution >= 0.6 is 23.1 Å². The van der Waals surface area contributed by atoms with Crippen LogP contribution in [0.3, 0.4) is 0 Å². The van der Waals surface area contributed by atoms with E-state index in [0.29, 0.717) is 15.5 Å². The number of fused-ring (bicyclic) bond motifs is 1. The molecular formula is C21H21N3O4S2. The van der Waals surface area contributed by atoms with Crippen LogP contribution in [0.1, 0.15) is 45.6 Å². The number of hydrogen-bond donors (Lipinski definition) is 2. The fraction of sp³-hybridized carbons (Fsp3) is 0.333. The van der Waals surface area contributed by atoms with Crippen molar-refractivity contribution in [2.24, 2.45) is 5.73 Å². The number of nitriles is 1. The van der Waals surface area contributed by atoms with Gasteiger partial charge in [0.05, 0.1) is 16.9 Å². The summed E-state index contributed by atoms with van der Waals surface area (Å²) in [5, 5.41) is 12.8. The molecule has 9 heteroatoms. The number of carbonyl (C=O) groups excluding carboxylic acids is 3. The first kappa shape index (κ1) is 21.9. The number of primary amides is 1. The van der Waals surface area contributed by atoms with E-state index in [1.54, 1.807) is 24.3 Å². The molecule has 7 nitrogen and oxygen atoms in total. The Balaban J connectivity index is 1.63. The number of rotatable bonds is 7. The molecule has 1 aromatic heterocycles. The van der Waals surface area contributed by atoms with Gasteiger partial charge in [0.15, 0.2) is 6.61 Å². The molecule has 0 fully saturated rings. The molecule has 0 radical (unpaired) electrons. The molecule has 30 heavy (non-hydrogen) atoms. The van der Waals surface area contributed by atoms with Crippen LogP contribution < -0.4 is 11.1 Å². The minimum absolute atomic E-state index is 0.0325. The lowest BCUT2D eigenvalue weighted by Gasteiger charge is -2.09. The zero-order chi connectivity index (χ0) is 21.5. The molecule has 0 unspecified atom stereocenters. The molecule has 0 atom stereocenters. The first-order valence-electron chi connectivity index (χ1n) is 9.51. The zero-order valence-electron chi connectivity index (χ0n) is 16.2. The number of amides is 2. The van der Waals surface area contributed by atoms with E-state index >= 15 is 0 Å². The van der Waals surface area contributed by atoms with Gasteiger partial charge in [-0.2, -0.15) is 5.26 Å². The SMILES string of the molecule is N#Cc1c(NC(=O)COC(=O)c2ccccc2SCC(N)=O)sc2c1CCCCC2. The average molecular weight is 444 g/mol. The lowest BCUT2D eigenvalue weighted by molar-refractivity contribution is -0.119. The summed E-state index contributed by atoms with van der Waals surface area (Å²) in [6, 6.07) is 8.85. The normalized spacial score (nSPS) is 12.9. The maximum atomic E-state index is 12.4. The molecule has 0 saturated heterocycles. The monoisotopic (exact) mass is 443 g/mol. The molecule has 156 valence electrons. The van der Waals surface area contributed by atoms with E-state index in [0.717, 1.165) is 54.3 Å². The van der Waals surface area contributed by atoms with Crippen molar-refractivity contribution in [1.29, 1.82) is 5.26 Å². The smallest absolute Gasteiger partial charge is 0.339 e. The van der Waals surface area contributed by atoms with Crippen molar-refractivity contribution < 1.29 is 19.1 Å². The highest BCUT2D eigenvalue weighted by molar-refractivity contribution is 8.00. The standard InChI is InChI=1S/C21H21N3O4S2/c22-10-15-13-6-2-1-3-9-17(13)30-20(15)24-19(26)11-28-21(27)14-7-4-5-8-16(14)29-12-18(23)25/h4-5,7-8H,1-3,6,9,11-12H2,(H2,23,25)(H,24,26). The number of nitrogens with zero attached hydrogens (tertiary/aromatic N) is 1. The number of nitrogens with one attached hydrogen (secondary N) is 1. The van der Waals surface area contributed by atoms with Gasteiger partial charge in [0.1, 0.15) is 11.1 Å². The predicted octanol–water partition coefficient (Wildman–Crippen LogP) is 3.26. The molecule has 0 bridgehead atoms. The maximum absolute atomic E-state index is 12.4. The molecule has 2 amide bonds. The number of anilines is 1. The quantitative estimate of drug-likeness (QED) is 0.385. The molecule has 1 heterocycles. The number of thioether (sulfide) groups is 1. The van der Waals surface area contributed by atoms with Crippen LogP contribution in [0.2, 0.25) is 0 Å². The Labute approximate surface area is 182 Å². The Morgan fingerprint density at radius 3 is 2.73 bits per heavy atom. The Kier molecular flexibility index (Phi) is 7.49. The number of carbonyl (C=O) groups is 3. The Morgan fingerprint density at radius 1 is 1.20 bits per heavy atom. The van der Waals surface area contributed by atoms with Crippen LogP contribution in [-0.4, -0.2) is 30.1 Å². The summed E-state index contributed by atoms with van der Waals surface area (Å²) >= 11 is 2.56. The van der Waals surface area contributed by atoms with Crippen molar-refractivity contribution in [1.82, 2.24) is 0 Å². The van der Waals surface area contributed by atoms with Crippen LogP contribution in [0.4, 0.5) is 5.00 Å². The summed E-state index contributed by atoms with van der Waals surface area (Å²) in [6.07, 6.45) is 5.02. The van der Waals surface area contributed by atoms with Gasteiger partial charge in [-0.15, -0.1) is 23.1 Å². The summed E-state index contributed by atoms with van der Waals surface area (Å²) in [4.78, 5) is 37.4. The van der Waals surface area contributed by atoms with E-state index in [9.17, 15) is 19.6 Å². The molecule has 3 N–H and O–H groups in total.